The maximum Gasteiger partial charge on any atom is 0.244 e. The Bertz CT molecular complexity index is 266. The fraction of sp³-hybridized carbons (Fsp3) is 0.818. The normalized spacial score (nSPS) is 21.0. The van der Waals surface area contributed by atoms with Gasteiger partial charge in [-0.05, 0) is 6.92 Å². The first-order valence-corrected chi connectivity index (χ1v) is 5.86. The first kappa shape index (κ1) is 13.0. The molecule has 1 fully saturated rings. The molecule has 0 aliphatic carbocycles. The lowest BCUT2D eigenvalue weighted by atomic mass is 10.1. The SMILES string of the molecule is CCNC(=O)C1CNCCN1C(=O)C(C)C. The number of carbonyl (C=O) groups excluding carboxylic acids is 2. The van der Waals surface area contributed by atoms with Crippen molar-refractivity contribution in [3.63, 3.8) is 0 Å². The van der Waals surface area contributed by atoms with Crippen molar-refractivity contribution in [1.29, 1.82) is 0 Å². The lowest BCUT2D eigenvalue weighted by Gasteiger charge is -2.36. The van der Waals surface area contributed by atoms with Crippen molar-refractivity contribution in [2.45, 2.75) is 26.8 Å². The van der Waals surface area contributed by atoms with Crippen LogP contribution in [-0.2, 0) is 9.59 Å². The van der Waals surface area contributed by atoms with Crippen molar-refractivity contribution in [2.24, 2.45) is 5.92 Å². The number of amides is 2. The van der Waals surface area contributed by atoms with Crippen LogP contribution in [0.4, 0.5) is 0 Å². The number of nitrogens with zero attached hydrogens (tertiary/aromatic N) is 1. The molecule has 1 unspecified atom stereocenters. The maximum atomic E-state index is 11.9. The number of piperazine rings is 1. The number of rotatable bonds is 3. The zero-order valence-corrected chi connectivity index (χ0v) is 10.2. The van der Waals surface area contributed by atoms with Gasteiger partial charge in [0.1, 0.15) is 6.04 Å². The Morgan fingerprint density at radius 1 is 1.50 bits per heavy atom. The molecule has 92 valence electrons. The van der Waals surface area contributed by atoms with Gasteiger partial charge in [0, 0.05) is 32.1 Å². The zero-order chi connectivity index (χ0) is 12.1. The van der Waals surface area contributed by atoms with E-state index in [0.717, 1.165) is 6.54 Å². The molecule has 0 radical (unpaired) electrons. The molecule has 16 heavy (non-hydrogen) atoms. The Kier molecular flexibility index (Phi) is 4.73. The molecule has 2 amide bonds. The first-order chi connectivity index (χ1) is 7.57. The van der Waals surface area contributed by atoms with Crippen LogP contribution >= 0.6 is 0 Å². The molecule has 5 nitrogen and oxygen atoms in total. The molecule has 1 aliphatic rings. The molecule has 0 aromatic heterocycles. The van der Waals surface area contributed by atoms with Gasteiger partial charge >= 0.3 is 0 Å². The summed E-state index contributed by atoms with van der Waals surface area (Å²) in [6.07, 6.45) is 0. The molecule has 0 spiro atoms. The highest BCUT2D eigenvalue weighted by molar-refractivity contribution is 5.88. The lowest BCUT2D eigenvalue weighted by Crippen LogP contribution is -2.60. The number of likely N-dealkylation sites (N-methyl/N-ethyl adjacent to an activating group) is 1. The number of nitrogens with one attached hydrogen (secondary N) is 2. The second-order valence-electron chi connectivity index (χ2n) is 4.30. The van der Waals surface area contributed by atoms with Gasteiger partial charge in [-0.25, -0.2) is 0 Å². The third kappa shape index (κ3) is 2.95. The van der Waals surface area contributed by atoms with E-state index in [1.165, 1.54) is 0 Å². The second-order valence-corrected chi connectivity index (χ2v) is 4.30. The quantitative estimate of drug-likeness (QED) is 0.688. The van der Waals surface area contributed by atoms with Crippen LogP contribution in [0, 0.1) is 5.92 Å². The van der Waals surface area contributed by atoms with Gasteiger partial charge in [-0.15, -0.1) is 0 Å². The third-order valence-corrected chi connectivity index (χ3v) is 2.67. The smallest absolute Gasteiger partial charge is 0.244 e. The van der Waals surface area contributed by atoms with Crippen LogP contribution in [0.2, 0.25) is 0 Å². The van der Waals surface area contributed by atoms with Crippen molar-refractivity contribution < 1.29 is 9.59 Å². The van der Waals surface area contributed by atoms with Gasteiger partial charge in [0.2, 0.25) is 11.8 Å². The predicted molar refractivity (Wildman–Crippen MR) is 61.9 cm³/mol. The van der Waals surface area contributed by atoms with Crippen molar-refractivity contribution in [3.8, 4) is 0 Å². The van der Waals surface area contributed by atoms with Gasteiger partial charge in [0.05, 0.1) is 0 Å². The molecular formula is C11H21N3O2. The van der Waals surface area contributed by atoms with Crippen molar-refractivity contribution in [2.75, 3.05) is 26.2 Å². The zero-order valence-electron chi connectivity index (χ0n) is 10.2. The predicted octanol–water partition coefficient (Wildman–Crippen LogP) is -0.421. The summed E-state index contributed by atoms with van der Waals surface area (Å²) >= 11 is 0. The summed E-state index contributed by atoms with van der Waals surface area (Å²) in [5, 5.41) is 5.91. The van der Waals surface area contributed by atoms with Crippen LogP contribution in [0.1, 0.15) is 20.8 Å². The summed E-state index contributed by atoms with van der Waals surface area (Å²) in [5.74, 6) is -0.0727. The first-order valence-electron chi connectivity index (χ1n) is 5.86. The van der Waals surface area contributed by atoms with Crippen LogP contribution in [0.3, 0.4) is 0 Å². The lowest BCUT2D eigenvalue weighted by molar-refractivity contribution is -0.143. The molecule has 1 aliphatic heterocycles. The van der Waals surface area contributed by atoms with Gasteiger partial charge in [-0.1, -0.05) is 13.8 Å². The van der Waals surface area contributed by atoms with E-state index in [1.54, 1.807) is 4.90 Å². The van der Waals surface area contributed by atoms with Gasteiger partial charge in [-0.2, -0.15) is 0 Å². The summed E-state index contributed by atoms with van der Waals surface area (Å²) in [4.78, 5) is 25.4. The van der Waals surface area contributed by atoms with Crippen LogP contribution in [-0.4, -0.2) is 48.9 Å². The summed E-state index contributed by atoms with van der Waals surface area (Å²) in [6, 6.07) is -0.358. The Balaban J connectivity index is 2.71. The van der Waals surface area contributed by atoms with Crippen LogP contribution in [0.5, 0.6) is 0 Å². The van der Waals surface area contributed by atoms with E-state index in [9.17, 15) is 9.59 Å². The Labute approximate surface area is 96.6 Å². The van der Waals surface area contributed by atoms with Crippen molar-refractivity contribution >= 4 is 11.8 Å². The molecule has 1 heterocycles. The summed E-state index contributed by atoms with van der Waals surface area (Å²) in [7, 11) is 0. The van der Waals surface area contributed by atoms with E-state index in [2.05, 4.69) is 10.6 Å². The van der Waals surface area contributed by atoms with Gasteiger partial charge in [0.25, 0.3) is 0 Å². The van der Waals surface area contributed by atoms with Crippen molar-refractivity contribution in [1.82, 2.24) is 15.5 Å². The highest BCUT2D eigenvalue weighted by Gasteiger charge is 2.32. The van der Waals surface area contributed by atoms with Gasteiger partial charge in [0.15, 0.2) is 0 Å². The molecule has 0 saturated carbocycles. The monoisotopic (exact) mass is 227 g/mol. The molecule has 0 aromatic rings. The Morgan fingerprint density at radius 3 is 2.75 bits per heavy atom. The maximum absolute atomic E-state index is 11.9. The van der Waals surface area contributed by atoms with E-state index in [-0.39, 0.29) is 23.8 Å². The Hall–Kier alpha value is -1.10. The molecule has 1 atom stereocenters. The van der Waals surface area contributed by atoms with E-state index < -0.39 is 0 Å². The minimum atomic E-state index is -0.358. The number of hydrogen-bond acceptors (Lipinski definition) is 3. The average Bonchev–Trinajstić information content (AvgIpc) is 2.28. The number of hydrogen-bond donors (Lipinski definition) is 2. The van der Waals surface area contributed by atoms with Gasteiger partial charge in [-0.3, -0.25) is 9.59 Å². The molecule has 5 heteroatoms. The number of carbonyl (C=O) groups is 2. The van der Waals surface area contributed by atoms with E-state index >= 15 is 0 Å². The summed E-state index contributed by atoms with van der Waals surface area (Å²) in [5.41, 5.74) is 0. The van der Waals surface area contributed by atoms with Crippen molar-refractivity contribution in [3.05, 3.63) is 0 Å². The highest BCUT2D eigenvalue weighted by Crippen LogP contribution is 2.09. The molecule has 0 bridgehead atoms. The topological polar surface area (TPSA) is 61.4 Å². The van der Waals surface area contributed by atoms with E-state index in [4.69, 9.17) is 0 Å². The summed E-state index contributed by atoms with van der Waals surface area (Å²) < 4.78 is 0. The standard InChI is InChI=1S/C11H21N3O2/c1-4-13-10(15)9-7-12-5-6-14(9)11(16)8(2)3/h8-9,12H,4-7H2,1-3H3,(H,13,15). The van der Waals surface area contributed by atoms with Crippen LogP contribution < -0.4 is 10.6 Å². The molecule has 0 aromatic carbocycles. The third-order valence-electron chi connectivity index (χ3n) is 2.67. The molecule has 1 rings (SSSR count). The van der Waals surface area contributed by atoms with Crippen LogP contribution in [0.15, 0.2) is 0 Å². The molecular weight excluding hydrogens is 206 g/mol. The van der Waals surface area contributed by atoms with E-state index in [1.807, 2.05) is 20.8 Å². The fourth-order valence-electron chi connectivity index (χ4n) is 1.83. The molecule has 2 N–H and O–H groups in total. The largest absolute Gasteiger partial charge is 0.355 e. The second kappa shape index (κ2) is 5.84. The minimum absolute atomic E-state index is 0.0535. The summed E-state index contributed by atoms with van der Waals surface area (Å²) in [6.45, 7) is 8.11. The fourth-order valence-corrected chi connectivity index (χ4v) is 1.83. The van der Waals surface area contributed by atoms with E-state index in [0.29, 0.717) is 19.6 Å². The average molecular weight is 227 g/mol. The van der Waals surface area contributed by atoms with Gasteiger partial charge < -0.3 is 15.5 Å². The minimum Gasteiger partial charge on any atom is -0.355 e. The Morgan fingerprint density at radius 2 is 2.19 bits per heavy atom. The highest BCUT2D eigenvalue weighted by atomic mass is 16.2. The molecule has 1 saturated heterocycles. The van der Waals surface area contributed by atoms with Crippen LogP contribution in [0.25, 0.3) is 0 Å².